The van der Waals surface area contributed by atoms with Crippen LogP contribution in [0, 0.1) is 0 Å². The molecule has 0 aliphatic carbocycles. The molecule has 0 fully saturated rings. The molecule has 1 amide bonds. The van der Waals surface area contributed by atoms with Gasteiger partial charge in [0.25, 0.3) is 0 Å². The van der Waals surface area contributed by atoms with Crippen LogP contribution in [0.4, 0.5) is 0 Å². The lowest BCUT2D eigenvalue weighted by atomic mass is 10.2. The van der Waals surface area contributed by atoms with Crippen LogP contribution in [0.2, 0.25) is 0 Å². The van der Waals surface area contributed by atoms with Crippen molar-refractivity contribution in [3.8, 4) is 0 Å². The van der Waals surface area contributed by atoms with Crippen molar-refractivity contribution < 1.29 is 9.90 Å². The van der Waals surface area contributed by atoms with Gasteiger partial charge in [0.05, 0.1) is 13.2 Å². The van der Waals surface area contributed by atoms with Gasteiger partial charge in [0.1, 0.15) is 0 Å². The largest absolute Gasteiger partial charge is 0.395 e. The first-order valence-corrected chi connectivity index (χ1v) is 5.90. The zero-order valence-electron chi connectivity index (χ0n) is 10.2. The number of amides is 1. The monoisotopic (exact) mass is 236 g/mol. The number of benzene rings is 1. The van der Waals surface area contributed by atoms with E-state index in [1.807, 2.05) is 42.2 Å². The first-order chi connectivity index (χ1) is 8.26. The summed E-state index contributed by atoms with van der Waals surface area (Å²) in [7, 11) is 0. The summed E-state index contributed by atoms with van der Waals surface area (Å²) in [5.74, 6) is -0.0100. The summed E-state index contributed by atoms with van der Waals surface area (Å²) in [4.78, 5) is 13.5. The number of rotatable bonds is 7. The Bertz CT molecular complexity index is 327. The Morgan fingerprint density at radius 2 is 2.06 bits per heavy atom. The predicted molar refractivity (Wildman–Crippen MR) is 67.5 cm³/mol. The number of carbonyl (C=O) groups is 1. The van der Waals surface area contributed by atoms with Gasteiger partial charge in [0, 0.05) is 13.1 Å². The van der Waals surface area contributed by atoms with Gasteiger partial charge in [-0.2, -0.15) is 0 Å². The fourth-order valence-corrected chi connectivity index (χ4v) is 1.55. The molecule has 1 aromatic carbocycles. The van der Waals surface area contributed by atoms with E-state index in [1.54, 1.807) is 0 Å². The first kappa shape index (κ1) is 13.7. The standard InChI is InChI=1S/C13H20N2O2/c1-2-15(8-9-16)11-13(17)14-10-12-6-4-3-5-7-12/h3-7,16H,2,8-11H2,1H3,(H,14,17). The van der Waals surface area contributed by atoms with E-state index in [4.69, 9.17) is 5.11 Å². The molecule has 0 radical (unpaired) electrons. The van der Waals surface area contributed by atoms with Crippen LogP contribution in [-0.4, -0.2) is 42.2 Å². The van der Waals surface area contributed by atoms with E-state index in [1.165, 1.54) is 0 Å². The molecule has 0 bridgehead atoms. The highest BCUT2D eigenvalue weighted by Gasteiger charge is 2.07. The second kappa shape index (κ2) is 7.81. The number of nitrogens with zero attached hydrogens (tertiary/aromatic N) is 1. The summed E-state index contributed by atoms with van der Waals surface area (Å²) in [5.41, 5.74) is 1.09. The molecule has 17 heavy (non-hydrogen) atoms. The molecule has 0 heterocycles. The molecule has 0 saturated heterocycles. The van der Waals surface area contributed by atoms with Crippen molar-refractivity contribution in [2.45, 2.75) is 13.5 Å². The van der Waals surface area contributed by atoms with Crippen LogP contribution in [0.5, 0.6) is 0 Å². The molecular weight excluding hydrogens is 216 g/mol. The molecular formula is C13H20N2O2. The molecule has 0 aliphatic rings. The molecule has 0 saturated carbocycles. The minimum atomic E-state index is -0.0100. The molecule has 2 N–H and O–H groups in total. The summed E-state index contributed by atoms with van der Waals surface area (Å²) in [6.45, 7) is 4.24. The molecule has 0 atom stereocenters. The van der Waals surface area contributed by atoms with Gasteiger partial charge in [-0.1, -0.05) is 37.3 Å². The highest BCUT2D eigenvalue weighted by Crippen LogP contribution is 1.97. The second-order valence-corrected chi connectivity index (χ2v) is 3.85. The van der Waals surface area contributed by atoms with E-state index < -0.39 is 0 Å². The molecule has 1 aromatic rings. The topological polar surface area (TPSA) is 52.6 Å². The van der Waals surface area contributed by atoms with E-state index in [-0.39, 0.29) is 12.5 Å². The van der Waals surface area contributed by atoms with E-state index in [2.05, 4.69) is 5.32 Å². The Hall–Kier alpha value is -1.39. The molecule has 0 unspecified atom stereocenters. The SMILES string of the molecule is CCN(CCO)CC(=O)NCc1ccccc1. The highest BCUT2D eigenvalue weighted by atomic mass is 16.3. The number of hydrogen-bond donors (Lipinski definition) is 2. The van der Waals surface area contributed by atoms with Crippen molar-refractivity contribution in [3.05, 3.63) is 35.9 Å². The fraction of sp³-hybridized carbons (Fsp3) is 0.462. The molecule has 4 heteroatoms. The third-order valence-corrected chi connectivity index (χ3v) is 2.56. The lowest BCUT2D eigenvalue weighted by Crippen LogP contribution is -2.38. The summed E-state index contributed by atoms with van der Waals surface area (Å²) in [6.07, 6.45) is 0. The summed E-state index contributed by atoms with van der Waals surface area (Å²) in [5, 5.41) is 11.7. The van der Waals surface area contributed by atoms with Crippen LogP contribution >= 0.6 is 0 Å². The average Bonchev–Trinajstić information content (AvgIpc) is 2.37. The average molecular weight is 236 g/mol. The third-order valence-electron chi connectivity index (χ3n) is 2.56. The van der Waals surface area contributed by atoms with Gasteiger partial charge < -0.3 is 10.4 Å². The summed E-state index contributed by atoms with van der Waals surface area (Å²) in [6, 6.07) is 9.81. The number of carbonyl (C=O) groups excluding carboxylic acids is 1. The van der Waals surface area contributed by atoms with Crippen molar-refractivity contribution in [2.24, 2.45) is 0 Å². The zero-order chi connectivity index (χ0) is 12.5. The van der Waals surface area contributed by atoms with Gasteiger partial charge in [-0.25, -0.2) is 0 Å². The Morgan fingerprint density at radius 1 is 1.35 bits per heavy atom. The predicted octanol–water partition coefficient (Wildman–Crippen LogP) is 0.617. The Morgan fingerprint density at radius 3 is 2.65 bits per heavy atom. The van der Waals surface area contributed by atoms with Crippen molar-refractivity contribution >= 4 is 5.91 Å². The van der Waals surface area contributed by atoms with Crippen LogP contribution in [-0.2, 0) is 11.3 Å². The fourth-order valence-electron chi connectivity index (χ4n) is 1.55. The van der Waals surface area contributed by atoms with Crippen molar-refractivity contribution in [2.75, 3.05) is 26.2 Å². The van der Waals surface area contributed by atoms with Crippen LogP contribution in [0.25, 0.3) is 0 Å². The lowest BCUT2D eigenvalue weighted by molar-refractivity contribution is -0.122. The summed E-state index contributed by atoms with van der Waals surface area (Å²) < 4.78 is 0. The van der Waals surface area contributed by atoms with Crippen LogP contribution in [0.15, 0.2) is 30.3 Å². The number of aliphatic hydroxyl groups excluding tert-OH is 1. The van der Waals surface area contributed by atoms with Crippen LogP contribution in [0.1, 0.15) is 12.5 Å². The van der Waals surface area contributed by atoms with Crippen molar-refractivity contribution in [3.63, 3.8) is 0 Å². The zero-order valence-corrected chi connectivity index (χ0v) is 10.2. The number of nitrogens with one attached hydrogen (secondary N) is 1. The molecule has 4 nitrogen and oxygen atoms in total. The third kappa shape index (κ3) is 5.47. The second-order valence-electron chi connectivity index (χ2n) is 3.85. The van der Waals surface area contributed by atoms with Crippen molar-refractivity contribution in [1.29, 1.82) is 0 Å². The van der Waals surface area contributed by atoms with Gasteiger partial charge in [-0.3, -0.25) is 9.69 Å². The Kier molecular flexibility index (Phi) is 6.29. The number of aliphatic hydroxyl groups is 1. The molecule has 0 spiro atoms. The Balaban J connectivity index is 2.30. The van der Waals surface area contributed by atoms with Crippen molar-refractivity contribution in [1.82, 2.24) is 10.2 Å². The van der Waals surface area contributed by atoms with Gasteiger partial charge in [-0.05, 0) is 12.1 Å². The quantitative estimate of drug-likeness (QED) is 0.729. The normalized spacial score (nSPS) is 10.5. The van der Waals surface area contributed by atoms with E-state index >= 15 is 0 Å². The smallest absolute Gasteiger partial charge is 0.234 e. The van der Waals surface area contributed by atoms with Crippen LogP contribution < -0.4 is 5.32 Å². The number of likely N-dealkylation sites (N-methyl/N-ethyl adjacent to an activating group) is 1. The maximum atomic E-state index is 11.6. The molecule has 1 rings (SSSR count). The molecule has 94 valence electrons. The van der Waals surface area contributed by atoms with E-state index in [9.17, 15) is 4.79 Å². The maximum Gasteiger partial charge on any atom is 0.234 e. The van der Waals surface area contributed by atoms with E-state index in [0.717, 1.165) is 12.1 Å². The van der Waals surface area contributed by atoms with Gasteiger partial charge in [0.2, 0.25) is 5.91 Å². The van der Waals surface area contributed by atoms with Gasteiger partial charge >= 0.3 is 0 Å². The first-order valence-electron chi connectivity index (χ1n) is 5.90. The Labute approximate surface area is 102 Å². The molecule has 0 aliphatic heterocycles. The van der Waals surface area contributed by atoms with E-state index in [0.29, 0.717) is 19.6 Å². The minimum absolute atomic E-state index is 0.0100. The maximum absolute atomic E-state index is 11.6. The highest BCUT2D eigenvalue weighted by molar-refractivity contribution is 5.77. The van der Waals surface area contributed by atoms with Gasteiger partial charge in [0.15, 0.2) is 0 Å². The summed E-state index contributed by atoms with van der Waals surface area (Å²) >= 11 is 0. The lowest BCUT2D eigenvalue weighted by Gasteiger charge is -2.18. The number of hydrogen-bond acceptors (Lipinski definition) is 3. The van der Waals surface area contributed by atoms with Gasteiger partial charge in [-0.15, -0.1) is 0 Å². The molecule has 0 aromatic heterocycles. The van der Waals surface area contributed by atoms with Crippen LogP contribution in [0.3, 0.4) is 0 Å². The minimum Gasteiger partial charge on any atom is -0.395 e.